The number of aromatic hydroxyl groups is 2. The van der Waals surface area contributed by atoms with Gasteiger partial charge >= 0.3 is 0 Å². The molecule has 0 radical (unpaired) electrons. The second-order valence-electron chi connectivity index (χ2n) is 14.3. The van der Waals surface area contributed by atoms with E-state index in [-0.39, 0.29) is 0 Å². The Balaban J connectivity index is 1.23. The summed E-state index contributed by atoms with van der Waals surface area (Å²) in [5.41, 5.74) is 14.8. The van der Waals surface area contributed by atoms with Crippen LogP contribution in [0.5, 0.6) is 11.5 Å². The van der Waals surface area contributed by atoms with Gasteiger partial charge in [0.15, 0.2) is 0 Å². The summed E-state index contributed by atoms with van der Waals surface area (Å²) >= 11 is 7.70. The van der Waals surface area contributed by atoms with Crippen LogP contribution >= 0.6 is 31.9 Å². The van der Waals surface area contributed by atoms with Gasteiger partial charge in [0.25, 0.3) is 0 Å². The molecule has 0 bridgehead atoms. The molecule has 1 aliphatic rings. The van der Waals surface area contributed by atoms with E-state index in [9.17, 15) is 10.2 Å². The molecule has 1 aliphatic carbocycles. The molecule has 2 N–H and O–H groups in total. The van der Waals surface area contributed by atoms with Crippen LogP contribution in [0.2, 0.25) is 0 Å². The van der Waals surface area contributed by atoms with Gasteiger partial charge in [-0.1, -0.05) is 153 Å². The Bertz CT molecular complexity index is 2510. The van der Waals surface area contributed by atoms with E-state index in [1.54, 1.807) is 0 Å². The molecular formula is C51H36Br2O2. The van der Waals surface area contributed by atoms with Crippen LogP contribution in [0.3, 0.4) is 0 Å². The molecule has 0 aliphatic heterocycles. The zero-order chi connectivity index (χ0) is 37.5. The highest BCUT2D eigenvalue weighted by Gasteiger charge is 2.46. The molecule has 0 aromatic heterocycles. The van der Waals surface area contributed by atoms with Crippen LogP contribution < -0.4 is 0 Å². The van der Waals surface area contributed by atoms with Crippen molar-refractivity contribution in [3.05, 3.63) is 235 Å². The quantitative estimate of drug-likeness (QED) is 0.160. The van der Waals surface area contributed by atoms with Gasteiger partial charge in [0.2, 0.25) is 0 Å². The number of phenolic OH excluding ortho intramolecular Hbond substituents is 2. The highest BCUT2D eigenvalue weighted by atomic mass is 79.9. The molecule has 8 aromatic carbocycles. The van der Waals surface area contributed by atoms with E-state index in [4.69, 9.17) is 0 Å². The van der Waals surface area contributed by atoms with Gasteiger partial charge in [-0.25, -0.2) is 0 Å². The lowest BCUT2D eigenvalue weighted by atomic mass is 9.67. The van der Waals surface area contributed by atoms with E-state index in [0.29, 0.717) is 24.3 Å². The molecule has 55 heavy (non-hydrogen) atoms. The number of hydrogen-bond acceptors (Lipinski definition) is 2. The standard InChI is InChI=1S/C51H36Br2O2/c52-43-19-21-45-46-22-20-44(53)32-48(46)51(47(45)31-43,41-15-7-13-35(29-41)37-17-23-49(54)39(27-37)25-33-9-3-1-4-10-33)42-16-8-14-36(30-42)38-18-24-50(55)40(28-38)26-34-11-5-2-6-12-34/h1-24,27-32,54-55H,25-26H2. The van der Waals surface area contributed by atoms with Crippen molar-refractivity contribution in [3.8, 4) is 44.9 Å². The van der Waals surface area contributed by atoms with Crippen molar-refractivity contribution in [2.45, 2.75) is 18.3 Å². The van der Waals surface area contributed by atoms with Crippen LogP contribution in [0.15, 0.2) is 191 Å². The first-order valence-corrected chi connectivity index (χ1v) is 20.0. The summed E-state index contributed by atoms with van der Waals surface area (Å²) in [7, 11) is 0. The number of fused-ring (bicyclic) bond motifs is 3. The van der Waals surface area contributed by atoms with Crippen LogP contribution in [0.4, 0.5) is 0 Å². The molecule has 2 nitrogen and oxygen atoms in total. The Morgan fingerprint density at radius 1 is 0.382 bits per heavy atom. The normalized spacial score (nSPS) is 12.6. The number of phenols is 2. The summed E-state index contributed by atoms with van der Waals surface area (Å²) < 4.78 is 2.03. The summed E-state index contributed by atoms with van der Waals surface area (Å²) in [4.78, 5) is 0. The summed E-state index contributed by atoms with van der Waals surface area (Å²) in [5.74, 6) is 0.595. The van der Waals surface area contributed by atoms with E-state index in [2.05, 4.69) is 153 Å². The molecule has 266 valence electrons. The molecule has 9 rings (SSSR count). The van der Waals surface area contributed by atoms with Gasteiger partial charge < -0.3 is 10.2 Å². The lowest BCUT2D eigenvalue weighted by Crippen LogP contribution is -2.28. The topological polar surface area (TPSA) is 40.5 Å². The predicted octanol–water partition coefficient (Wildman–Crippen LogP) is 13.5. The Morgan fingerprint density at radius 3 is 1.24 bits per heavy atom. The van der Waals surface area contributed by atoms with Gasteiger partial charge in [-0.05, 0) is 139 Å². The highest BCUT2D eigenvalue weighted by Crippen LogP contribution is 2.57. The average Bonchev–Trinajstić information content (AvgIpc) is 3.49. The zero-order valence-electron chi connectivity index (χ0n) is 29.9. The van der Waals surface area contributed by atoms with Crippen LogP contribution in [0, 0.1) is 0 Å². The second-order valence-corrected chi connectivity index (χ2v) is 16.1. The predicted molar refractivity (Wildman–Crippen MR) is 232 cm³/mol. The number of halogens is 2. The summed E-state index contributed by atoms with van der Waals surface area (Å²) in [6.45, 7) is 0. The summed E-state index contributed by atoms with van der Waals surface area (Å²) in [6.07, 6.45) is 1.29. The third kappa shape index (κ3) is 6.50. The van der Waals surface area contributed by atoms with Gasteiger partial charge in [0.05, 0.1) is 5.41 Å². The first-order chi connectivity index (χ1) is 26.9. The van der Waals surface area contributed by atoms with Gasteiger partial charge in [-0.15, -0.1) is 0 Å². The Hall–Kier alpha value is -5.68. The molecule has 0 saturated carbocycles. The van der Waals surface area contributed by atoms with Crippen molar-refractivity contribution in [1.82, 2.24) is 0 Å². The maximum atomic E-state index is 10.9. The summed E-state index contributed by atoms with van der Waals surface area (Å²) in [5, 5.41) is 21.9. The Morgan fingerprint density at radius 2 is 0.800 bits per heavy atom. The SMILES string of the molecule is Oc1ccc(-c2cccc(C3(c4cccc(-c5ccc(O)c(Cc6ccccc6)c5)c4)c4cc(Br)ccc4-c4ccc(Br)cc43)c2)cc1Cc1ccccc1. The Kier molecular flexibility index (Phi) is 9.25. The molecule has 0 spiro atoms. The number of hydrogen-bond donors (Lipinski definition) is 2. The van der Waals surface area contributed by atoms with Crippen LogP contribution in [-0.4, -0.2) is 10.2 Å². The van der Waals surface area contributed by atoms with Gasteiger partial charge in [0.1, 0.15) is 11.5 Å². The summed E-state index contributed by atoms with van der Waals surface area (Å²) in [6, 6.07) is 63.5. The van der Waals surface area contributed by atoms with Gasteiger partial charge in [-0.2, -0.15) is 0 Å². The smallest absolute Gasteiger partial charge is 0.119 e. The molecule has 0 amide bonds. The molecule has 0 atom stereocenters. The molecule has 0 heterocycles. The maximum Gasteiger partial charge on any atom is 0.119 e. The van der Waals surface area contributed by atoms with Crippen LogP contribution in [0.25, 0.3) is 33.4 Å². The minimum absolute atomic E-state index is 0.298. The highest BCUT2D eigenvalue weighted by molar-refractivity contribution is 9.10. The van der Waals surface area contributed by atoms with Crippen molar-refractivity contribution >= 4 is 31.9 Å². The minimum atomic E-state index is -0.669. The molecule has 0 unspecified atom stereocenters. The first-order valence-electron chi connectivity index (χ1n) is 18.4. The third-order valence-electron chi connectivity index (χ3n) is 11.0. The van der Waals surface area contributed by atoms with Crippen molar-refractivity contribution in [2.24, 2.45) is 0 Å². The first kappa shape index (κ1) is 35.0. The lowest BCUT2D eigenvalue weighted by Gasteiger charge is -2.35. The zero-order valence-corrected chi connectivity index (χ0v) is 33.1. The molecule has 0 fully saturated rings. The molecule has 8 aromatic rings. The second kappa shape index (κ2) is 14.5. The van der Waals surface area contributed by atoms with Crippen molar-refractivity contribution in [1.29, 1.82) is 0 Å². The average molecular weight is 841 g/mol. The fourth-order valence-electron chi connectivity index (χ4n) is 8.37. The van der Waals surface area contributed by atoms with Gasteiger partial charge in [-0.3, -0.25) is 0 Å². The minimum Gasteiger partial charge on any atom is -0.508 e. The van der Waals surface area contributed by atoms with E-state index < -0.39 is 5.41 Å². The fourth-order valence-corrected chi connectivity index (χ4v) is 9.09. The number of rotatable bonds is 8. The third-order valence-corrected chi connectivity index (χ3v) is 11.9. The Labute approximate surface area is 338 Å². The van der Waals surface area contributed by atoms with E-state index in [1.807, 2.05) is 60.7 Å². The molecular weight excluding hydrogens is 804 g/mol. The molecule has 0 saturated heterocycles. The van der Waals surface area contributed by atoms with Crippen molar-refractivity contribution < 1.29 is 10.2 Å². The lowest BCUT2D eigenvalue weighted by molar-refractivity contribution is 0.469. The fraction of sp³-hybridized carbons (Fsp3) is 0.0588. The van der Waals surface area contributed by atoms with Crippen LogP contribution in [0.1, 0.15) is 44.5 Å². The monoisotopic (exact) mass is 838 g/mol. The van der Waals surface area contributed by atoms with Crippen molar-refractivity contribution in [2.75, 3.05) is 0 Å². The van der Waals surface area contributed by atoms with Gasteiger partial charge in [0, 0.05) is 21.8 Å². The van der Waals surface area contributed by atoms with Crippen LogP contribution in [-0.2, 0) is 18.3 Å². The van der Waals surface area contributed by atoms with E-state index in [0.717, 1.165) is 64.6 Å². The maximum absolute atomic E-state index is 10.9. The largest absolute Gasteiger partial charge is 0.508 e. The van der Waals surface area contributed by atoms with E-state index in [1.165, 1.54) is 22.3 Å². The van der Waals surface area contributed by atoms with Crippen molar-refractivity contribution in [3.63, 3.8) is 0 Å². The number of benzene rings is 8. The molecule has 4 heteroatoms. The van der Waals surface area contributed by atoms with E-state index >= 15 is 0 Å².